The number of rotatable bonds is 4. The Labute approximate surface area is 149 Å². The van der Waals surface area contributed by atoms with Crippen LogP contribution in [0.2, 0.25) is 0 Å². The minimum Gasteiger partial charge on any atom is -0.339 e. The van der Waals surface area contributed by atoms with Crippen LogP contribution in [-0.4, -0.2) is 36.0 Å². The Balaban J connectivity index is 1.30. The zero-order valence-corrected chi connectivity index (χ0v) is 14.8. The fourth-order valence-electron chi connectivity index (χ4n) is 4.29. The highest BCUT2D eigenvalue weighted by Crippen LogP contribution is 2.37. The molecular weight excluding hydrogens is 314 g/mol. The molecule has 1 heterocycles. The first kappa shape index (κ1) is 16.4. The number of nitrogens with zero attached hydrogens (tertiary/aromatic N) is 1. The van der Waals surface area contributed by atoms with Crippen LogP contribution >= 0.6 is 0 Å². The molecule has 25 heavy (non-hydrogen) atoms. The third kappa shape index (κ3) is 3.51. The molecule has 1 saturated carbocycles. The third-order valence-electron chi connectivity index (χ3n) is 5.87. The van der Waals surface area contributed by atoms with Gasteiger partial charge in [-0.05, 0) is 42.7 Å². The Bertz CT molecular complexity index is 671. The summed E-state index contributed by atoms with van der Waals surface area (Å²) in [6, 6.07) is 8.85. The van der Waals surface area contributed by atoms with Gasteiger partial charge in [-0.2, -0.15) is 0 Å². The van der Waals surface area contributed by atoms with E-state index < -0.39 is 0 Å². The van der Waals surface area contributed by atoms with Crippen LogP contribution in [0.25, 0.3) is 0 Å². The van der Waals surface area contributed by atoms with Crippen molar-refractivity contribution in [1.29, 1.82) is 0 Å². The average Bonchev–Trinajstić information content (AvgIpc) is 3.39. The summed E-state index contributed by atoms with van der Waals surface area (Å²) in [5.74, 6) is 1.05. The fraction of sp³-hybridized carbons (Fsp3) is 0.600. The van der Waals surface area contributed by atoms with Crippen molar-refractivity contribution < 1.29 is 9.59 Å². The first-order chi connectivity index (χ1) is 12.1. The third-order valence-corrected chi connectivity index (χ3v) is 5.87. The van der Waals surface area contributed by atoms with Crippen LogP contribution in [0.15, 0.2) is 24.3 Å². The van der Waals surface area contributed by atoms with Gasteiger partial charge in [-0.25, -0.2) is 4.79 Å². The Morgan fingerprint density at radius 3 is 2.68 bits per heavy atom. The number of carbonyl (C=O) groups excluding carboxylic acids is 2. The van der Waals surface area contributed by atoms with Gasteiger partial charge in [0.15, 0.2) is 0 Å². The highest BCUT2D eigenvalue weighted by atomic mass is 16.2. The van der Waals surface area contributed by atoms with E-state index in [1.54, 1.807) is 0 Å². The largest absolute Gasteiger partial charge is 0.339 e. The van der Waals surface area contributed by atoms with Crippen molar-refractivity contribution in [2.24, 2.45) is 5.92 Å². The molecule has 5 heteroatoms. The number of benzene rings is 1. The molecule has 0 radical (unpaired) electrons. The van der Waals surface area contributed by atoms with E-state index in [4.69, 9.17) is 0 Å². The smallest absolute Gasteiger partial charge is 0.315 e. The molecule has 134 valence electrons. The Hall–Kier alpha value is -2.04. The summed E-state index contributed by atoms with van der Waals surface area (Å²) < 4.78 is 0. The molecule has 0 bridgehead atoms. The summed E-state index contributed by atoms with van der Waals surface area (Å²) >= 11 is 0. The molecule has 2 N–H and O–H groups in total. The molecular formula is C20H27N3O2. The van der Waals surface area contributed by atoms with Crippen molar-refractivity contribution in [2.75, 3.05) is 13.1 Å². The highest BCUT2D eigenvalue weighted by Gasteiger charge is 2.39. The van der Waals surface area contributed by atoms with E-state index in [-0.39, 0.29) is 23.9 Å². The van der Waals surface area contributed by atoms with E-state index >= 15 is 0 Å². The van der Waals surface area contributed by atoms with Crippen molar-refractivity contribution in [3.63, 3.8) is 0 Å². The molecule has 0 aromatic heterocycles. The second kappa shape index (κ2) is 6.70. The number of amides is 3. The van der Waals surface area contributed by atoms with Crippen LogP contribution < -0.4 is 10.6 Å². The lowest BCUT2D eigenvalue weighted by Crippen LogP contribution is -2.41. The zero-order chi connectivity index (χ0) is 17.4. The fourth-order valence-corrected chi connectivity index (χ4v) is 4.29. The lowest BCUT2D eigenvalue weighted by Gasteiger charge is -2.30. The van der Waals surface area contributed by atoms with E-state index in [0.29, 0.717) is 24.9 Å². The van der Waals surface area contributed by atoms with E-state index in [2.05, 4.69) is 35.8 Å². The van der Waals surface area contributed by atoms with E-state index in [0.717, 1.165) is 32.2 Å². The Morgan fingerprint density at radius 1 is 1.16 bits per heavy atom. The molecule has 3 aliphatic rings. The van der Waals surface area contributed by atoms with Gasteiger partial charge in [0.2, 0.25) is 5.91 Å². The quantitative estimate of drug-likeness (QED) is 0.884. The molecule has 4 rings (SSSR count). The van der Waals surface area contributed by atoms with E-state index in [1.807, 2.05) is 11.0 Å². The molecule has 1 aliphatic heterocycles. The predicted molar refractivity (Wildman–Crippen MR) is 96.2 cm³/mol. The number of urea groups is 1. The van der Waals surface area contributed by atoms with Crippen LogP contribution in [-0.2, 0) is 4.79 Å². The monoisotopic (exact) mass is 341 g/mol. The predicted octanol–water partition coefficient (Wildman–Crippen LogP) is 2.94. The van der Waals surface area contributed by atoms with Crippen LogP contribution in [0.3, 0.4) is 0 Å². The van der Waals surface area contributed by atoms with Crippen molar-refractivity contribution in [1.82, 2.24) is 15.5 Å². The Kier molecular flexibility index (Phi) is 4.40. The van der Waals surface area contributed by atoms with Crippen LogP contribution in [0, 0.1) is 5.92 Å². The summed E-state index contributed by atoms with van der Waals surface area (Å²) in [5.41, 5.74) is 2.59. The van der Waals surface area contributed by atoms with Crippen molar-refractivity contribution in [2.45, 2.75) is 57.0 Å². The summed E-state index contributed by atoms with van der Waals surface area (Å²) in [6.07, 6.45) is 4.93. The number of carbonyl (C=O) groups is 2. The SMILES string of the molecule is C[C@@H]1CC[C@@H](NC(=O)NC[C@@H]2CC(=O)N(C3CC3)C2)c2ccccc21. The second-order valence-electron chi connectivity index (χ2n) is 7.86. The molecule has 5 nitrogen and oxygen atoms in total. The summed E-state index contributed by atoms with van der Waals surface area (Å²) in [6.45, 7) is 3.62. The minimum atomic E-state index is -0.119. The van der Waals surface area contributed by atoms with Crippen LogP contribution in [0.1, 0.15) is 62.1 Å². The summed E-state index contributed by atoms with van der Waals surface area (Å²) in [7, 11) is 0. The first-order valence-corrected chi connectivity index (χ1v) is 9.54. The first-order valence-electron chi connectivity index (χ1n) is 9.54. The van der Waals surface area contributed by atoms with Gasteiger partial charge in [-0.3, -0.25) is 4.79 Å². The standard InChI is InChI=1S/C20H27N3O2/c1-13-6-9-18(17-5-3-2-4-16(13)17)22-20(25)21-11-14-10-19(24)23(12-14)15-7-8-15/h2-5,13-15,18H,6-12H2,1H3,(H2,21,22,25)/t13-,14+,18-/m1/s1. The molecule has 2 aliphatic carbocycles. The maximum Gasteiger partial charge on any atom is 0.315 e. The number of likely N-dealkylation sites (tertiary alicyclic amines) is 1. The van der Waals surface area contributed by atoms with Gasteiger partial charge in [-0.1, -0.05) is 31.2 Å². The van der Waals surface area contributed by atoms with Gasteiger partial charge in [0.25, 0.3) is 0 Å². The van der Waals surface area contributed by atoms with Crippen LogP contribution in [0.5, 0.6) is 0 Å². The molecule has 1 aromatic carbocycles. The Morgan fingerprint density at radius 2 is 1.92 bits per heavy atom. The molecule has 2 fully saturated rings. The van der Waals surface area contributed by atoms with Gasteiger partial charge in [-0.15, -0.1) is 0 Å². The normalized spacial score (nSPS) is 28.6. The second-order valence-corrected chi connectivity index (χ2v) is 7.86. The molecule has 3 amide bonds. The van der Waals surface area contributed by atoms with Crippen molar-refractivity contribution in [3.05, 3.63) is 35.4 Å². The maximum atomic E-state index is 12.3. The number of hydrogen-bond donors (Lipinski definition) is 2. The molecule has 1 aromatic rings. The molecule has 3 atom stereocenters. The number of hydrogen-bond acceptors (Lipinski definition) is 2. The molecule has 0 spiro atoms. The topological polar surface area (TPSA) is 61.4 Å². The lowest BCUT2D eigenvalue weighted by molar-refractivity contribution is -0.128. The van der Waals surface area contributed by atoms with Gasteiger partial charge in [0.05, 0.1) is 6.04 Å². The maximum absolute atomic E-state index is 12.3. The van der Waals surface area contributed by atoms with Gasteiger partial charge in [0, 0.05) is 31.5 Å². The van der Waals surface area contributed by atoms with Crippen LogP contribution in [0.4, 0.5) is 4.79 Å². The molecule has 1 saturated heterocycles. The number of fused-ring (bicyclic) bond motifs is 1. The van der Waals surface area contributed by atoms with Gasteiger partial charge in [0.1, 0.15) is 0 Å². The summed E-state index contributed by atoms with van der Waals surface area (Å²) in [5, 5.41) is 6.11. The average molecular weight is 341 g/mol. The minimum absolute atomic E-state index is 0.0839. The lowest BCUT2D eigenvalue weighted by atomic mass is 9.81. The van der Waals surface area contributed by atoms with Crippen molar-refractivity contribution in [3.8, 4) is 0 Å². The molecule has 0 unspecified atom stereocenters. The summed E-state index contributed by atoms with van der Waals surface area (Å²) in [4.78, 5) is 26.3. The van der Waals surface area contributed by atoms with E-state index in [1.165, 1.54) is 11.1 Å². The van der Waals surface area contributed by atoms with Gasteiger partial charge < -0.3 is 15.5 Å². The highest BCUT2D eigenvalue weighted by molar-refractivity contribution is 5.79. The zero-order valence-electron chi connectivity index (χ0n) is 14.8. The number of nitrogens with one attached hydrogen (secondary N) is 2. The van der Waals surface area contributed by atoms with E-state index in [9.17, 15) is 9.59 Å². The van der Waals surface area contributed by atoms with Gasteiger partial charge >= 0.3 is 6.03 Å². The van der Waals surface area contributed by atoms with Crippen molar-refractivity contribution >= 4 is 11.9 Å².